The normalized spacial score (nSPS) is 11.8. The van der Waals surface area contributed by atoms with Gasteiger partial charge in [0.15, 0.2) is 0 Å². The Balaban J connectivity index is 2.12. The van der Waals surface area contributed by atoms with Crippen molar-refractivity contribution in [3.63, 3.8) is 0 Å². The van der Waals surface area contributed by atoms with Crippen molar-refractivity contribution in [3.05, 3.63) is 54.5 Å². The van der Waals surface area contributed by atoms with E-state index in [1.165, 1.54) is 0 Å². The molecule has 3 aromatic heterocycles. The van der Waals surface area contributed by atoms with Crippen LogP contribution in [0, 0.1) is 0 Å². The molecule has 0 saturated heterocycles. The van der Waals surface area contributed by atoms with E-state index < -0.39 is 0 Å². The van der Waals surface area contributed by atoms with Crippen LogP contribution in [0.4, 0.5) is 0 Å². The van der Waals surface area contributed by atoms with Crippen LogP contribution in [0.1, 0.15) is 44.2 Å². The van der Waals surface area contributed by atoms with Gasteiger partial charge in [0.1, 0.15) is 5.69 Å². The number of hydrogen-bond acceptors (Lipinski definition) is 3. The summed E-state index contributed by atoms with van der Waals surface area (Å²) in [7, 11) is 0. The number of hydrogen-bond donors (Lipinski definition) is 1. The summed E-state index contributed by atoms with van der Waals surface area (Å²) in [5.41, 5.74) is 3.64. The zero-order valence-corrected chi connectivity index (χ0v) is 16.0. The van der Waals surface area contributed by atoms with Gasteiger partial charge in [-0.1, -0.05) is 18.2 Å². The monoisotopic (exact) mass is 361 g/mol. The number of aromatic nitrogens is 4. The Kier molecular flexibility index (Phi) is 4.18. The van der Waals surface area contributed by atoms with Crippen molar-refractivity contribution < 1.29 is 4.79 Å². The van der Waals surface area contributed by atoms with Crippen molar-refractivity contribution in [2.45, 2.75) is 39.8 Å². The number of nitrogens with one attached hydrogen (secondary N) is 1. The molecule has 4 rings (SSSR count). The third-order valence-corrected chi connectivity index (χ3v) is 4.58. The number of rotatable bonds is 4. The summed E-state index contributed by atoms with van der Waals surface area (Å²) in [6.45, 7) is 8.20. The highest BCUT2D eigenvalue weighted by Crippen LogP contribution is 2.35. The van der Waals surface area contributed by atoms with E-state index in [9.17, 15) is 4.79 Å². The van der Waals surface area contributed by atoms with E-state index in [1.54, 1.807) is 18.5 Å². The maximum Gasteiger partial charge on any atom is 0.268 e. The first-order chi connectivity index (χ1) is 13.0. The van der Waals surface area contributed by atoms with Crippen LogP contribution in [-0.4, -0.2) is 31.1 Å². The van der Waals surface area contributed by atoms with Crippen LogP contribution in [0.15, 0.2) is 48.8 Å². The smallest absolute Gasteiger partial charge is 0.268 e. The van der Waals surface area contributed by atoms with Crippen molar-refractivity contribution in [1.82, 2.24) is 24.4 Å². The highest BCUT2D eigenvalue weighted by atomic mass is 16.2. The van der Waals surface area contributed by atoms with Crippen LogP contribution in [0.3, 0.4) is 0 Å². The molecule has 27 heavy (non-hydrogen) atoms. The Morgan fingerprint density at radius 1 is 1.00 bits per heavy atom. The molecular formula is C21H23N5O. The van der Waals surface area contributed by atoms with Crippen molar-refractivity contribution in [3.8, 4) is 5.95 Å². The number of fused-ring (bicyclic) bond motifs is 3. The summed E-state index contributed by atoms with van der Waals surface area (Å²) in [5, 5.41) is 4.07. The van der Waals surface area contributed by atoms with E-state index >= 15 is 0 Å². The van der Waals surface area contributed by atoms with E-state index in [2.05, 4.69) is 45.8 Å². The number of para-hydroxylation sites is 1. The minimum atomic E-state index is -0.131. The van der Waals surface area contributed by atoms with Gasteiger partial charge >= 0.3 is 0 Å². The predicted octanol–water partition coefficient (Wildman–Crippen LogP) is 4.09. The number of benzene rings is 1. The fourth-order valence-corrected chi connectivity index (χ4v) is 3.63. The Hall–Kier alpha value is -3.15. The summed E-state index contributed by atoms with van der Waals surface area (Å²) in [4.78, 5) is 21.8. The largest absolute Gasteiger partial charge is 0.349 e. The van der Waals surface area contributed by atoms with Crippen molar-refractivity contribution >= 4 is 27.8 Å². The molecule has 3 heterocycles. The van der Waals surface area contributed by atoms with Gasteiger partial charge in [-0.15, -0.1) is 0 Å². The summed E-state index contributed by atoms with van der Waals surface area (Å²) < 4.78 is 4.13. The second-order valence-corrected chi connectivity index (χ2v) is 7.26. The fourth-order valence-electron chi connectivity index (χ4n) is 3.63. The minimum Gasteiger partial charge on any atom is -0.349 e. The van der Waals surface area contributed by atoms with E-state index in [0.717, 1.165) is 21.9 Å². The first-order valence-corrected chi connectivity index (χ1v) is 9.21. The molecule has 0 aliphatic rings. The van der Waals surface area contributed by atoms with Crippen LogP contribution in [0.2, 0.25) is 0 Å². The quantitative estimate of drug-likeness (QED) is 0.595. The van der Waals surface area contributed by atoms with Gasteiger partial charge in [0.2, 0.25) is 5.95 Å². The number of nitrogens with zero attached hydrogens (tertiary/aromatic N) is 4. The lowest BCUT2D eigenvalue weighted by Gasteiger charge is -2.12. The van der Waals surface area contributed by atoms with Gasteiger partial charge in [-0.05, 0) is 45.9 Å². The molecule has 0 aliphatic carbocycles. The highest BCUT2D eigenvalue weighted by Gasteiger charge is 2.24. The summed E-state index contributed by atoms with van der Waals surface area (Å²) >= 11 is 0. The topological polar surface area (TPSA) is 64.7 Å². The zero-order valence-electron chi connectivity index (χ0n) is 16.0. The van der Waals surface area contributed by atoms with Gasteiger partial charge in [-0.2, -0.15) is 0 Å². The molecule has 1 N–H and O–H groups in total. The Morgan fingerprint density at radius 2 is 1.70 bits per heavy atom. The van der Waals surface area contributed by atoms with Crippen LogP contribution in [-0.2, 0) is 0 Å². The molecule has 0 bridgehead atoms. The SMILES string of the molecule is CC(C)NC(=O)c1cc2c(c3ccccc3n2C(C)C)n1-c1ncccn1. The van der Waals surface area contributed by atoms with Gasteiger partial charge in [-0.3, -0.25) is 9.36 Å². The molecule has 0 saturated carbocycles. The molecule has 6 heteroatoms. The molecule has 1 aromatic carbocycles. The average Bonchev–Trinajstić information content (AvgIpc) is 3.16. The summed E-state index contributed by atoms with van der Waals surface area (Å²) in [6, 6.07) is 12.3. The number of amides is 1. The molecule has 0 spiro atoms. The Morgan fingerprint density at radius 3 is 2.37 bits per heavy atom. The van der Waals surface area contributed by atoms with E-state index in [-0.39, 0.29) is 18.0 Å². The summed E-state index contributed by atoms with van der Waals surface area (Å²) in [6.07, 6.45) is 3.39. The molecule has 0 aliphatic heterocycles. The molecule has 138 valence electrons. The third kappa shape index (κ3) is 2.77. The maximum absolute atomic E-state index is 12.9. The second kappa shape index (κ2) is 6.54. The highest BCUT2D eigenvalue weighted by molar-refractivity contribution is 6.11. The molecular weight excluding hydrogens is 338 g/mol. The van der Waals surface area contributed by atoms with Gasteiger partial charge in [-0.25, -0.2) is 9.97 Å². The van der Waals surface area contributed by atoms with E-state index in [4.69, 9.17) is 0 Å². The van der Waals surface area contributed by atoms with Gasteiger partial charge in [0, 0.05) is 29.9 Å². The van der Waals surface area contributed by atoms with Crippen molar-refractivity contribution in [1.29, 1.82) is 0 Å². The second-order valence-electron chi connectivity index (χ2n) is 7.26. The van der Waals surface area contributed by atoms with Gasteiger partial charge in [0.25, 0.3) is 5.91 Å². The maximum atomic E-state index is 12.9. The molecule has 0 radical (unpaired) electrons. The lowest BCUT2D eigenvalue weighted by Crippen LogP contribution is -2.31. The van der Waals surface area contributed by atoms with Gasteiger partial charge in [0.05, 0.1) is 16.6 Å². The van der Waals surface area contributed by atoms with E-state index in [0.29, 0.717) is 11.6 Å². The third-order valence-electron chi connectivity index (χ3n) is 4.58. The molecule has 6 nitrogen and oxygen atoms in total. The van der Waals surface area contributed by atoms with Gasteiger partial charge < -0.3 is 9.88 Å². The van der Waals surface area contributed by atoms with Crippen molar-refractivity contribution in [2.24, 2.45) is 0 Å². The van der Waals surface area contributed by atoms with Crippen LogP contribution in [0.5, 0.6) is 0 Å². The lowest BCUT2D eigenvalue weighted by atomic mass is 10.2. The van der Waals surface area contributed by atoms with Crippen LogP contribution >= 0.6 is 0 Å². The van der Waals surface area contributed by atoms with Crippen molar-refractivity contribution in [2.75, 3.05) is 0 Å². The Labute approximate surface area is 157 Å². The standard InChI is InChI=1S/C21H23N5O/c1-13(2)24-20(27)18-12-17-19(26(18)21-22-10-7-11-23-21)15-8-5-6-9-16(15)25(17)14(3)4/h5-14H,1-4H3,(H,24,27). The Bertz CT molecular complexity index is 1120. The predicted molar refractivity (Wildman–Crippen MR) is 107 cm³/mol. The van der Waals surface area contributed by atoms with Crippen LogP contribution in [0.25, 0.3) is 27.9 Å². The van der Waals surface area contributed by atoms with E-state index in [1.807, 2.05) is 36.6 Å². The van der Waals surface area contributed by atoms with Crippen LogP contribution < -0.4 is 5.32 Å². The number of carbonyl (C=O) groups excluding carboxylic acids is 1. The molecule has 1 amide bonds. The molecule has 4 aromatic rings. The fraction of sp³-hybridized carbons (Fsp3) is 0.286. The number of carbonyl (C=O) groups is 1. The zero-order chi connectivity index (χ0) is 19.1. The summed E-state index contributed by atoms with van der Waals surface area (Å²) in [5.74, 6) is 0.362. The molecule has 0 unspecified atom stereocenters. The molecule has 0 fully saturated rings. The average molecular weight is 361 g/mol. The first-order valence-electron chi connectivity index (χ1n) is 9.21. The minimum absolute atomic E-state index is 0.0425. The first kappa shape index (κ1) is 17.3. The molecule has 0 atom stereocenters. The lowest BCUT2D eigenvalue weighted by molar-refractivity contribution is 0.0936.